The molecule has 0 radical (unpaired) electrons. The van der Waals surface area contributed by atoms with Gasteiger partial charge in [-0.25, -0.2) is 0 Å². The molecule has 7 unspecified atom stereocenters. The number of alkyl halides is 1. The summed E-state index contributed by atoms with van der Waals surface area (Å²) in [4.78, 5) is 0. The Morgan fingerprint density at radius 1 is 0.818 bits per heavy atom. The second-order valence-corrected chi connectivity index (χ2v) is 10.5. The van der Waals surface area contributed by atoms with Gasteiger partial charge in [0.05, 0.1) is 0 Å². The predicted molar refractivity (Wildman–Crippen MR) is 98.2 cm³/mol. The maximum atomic E-state index is 3.72. The van der Waals surface area contributed by atoms with Crippen LogP contribution in [0.2, 0.25) is 0 Å². The standard InChI is InChI=1S/C21H35Br/c1-20-12-4-3-5-15(20)6-8-17-18-9-7-16(11-14-22)21(18,2)13-10-19(17)20/h15-19H,3-14H2,1-2H3. The number of hydrogen-bond acceptors (Lipinski definition) is 0. The van der Waals surface area contributed by atoms with Gasteiger partial charge in [-0.05, 0) is 98.2 Å². The Kier molecular flexibility index (Phi) is 4.20. The molecule has 4 fully saturated rings. The minimum absolute atomic E-state index is 0.687. The van der Waals surface area contributed by atoms with Crippen molar-refractivity contribution in [3.8, 4) is 0 Å². The minimum atomic E-state index is 0.687. The Morgan fingerprint density at radius 2 is 1.64 bits per heavy atom. The molecule has 1 heteroatoms. The van der Waals surface area contributed by atoms with Gasteiger partial charge in [0.25, 0.3) is 0 Å². The molecule has 126 valence electrons. The molecule has 4 aliphatic carbocycles. The van der Waals surface area contributed by atoms with Crippen molar-refractivity contribution in [1.82, 2.24) is 0 Å². The van der Waals surface area contributed by atoms with Crippen LogP contribution in [0.3, 0.4) is 0 Å². The summed E-state index contributed by atoms with van der Waals surface area (Å²) >= 11 is 3.72. The highest BCUT2D eigenvalue weighted by Gasteiger charge is 2.59. The zero-order valence-corrected chi connectivity index (χ0v) is 16.3. The Hall–Kier alpha value is 0.480. The maximum Gasteiger partial charge on any atom is 0.00341 e. The third kappa shape index (κ3) is 2.20. The molecule has 7 atom stereocenters. The van der Waals surface area contributed by atoms with E-state index in [2.05, 4.69) is 29.8 Å². The van der Waals surface area contributed by atoms with Crippen LogP contribution in [0.1, 0.15) is 84.5 Å². The number of hydrogen-bond donors (Lipinski definition) is 0. The zero-order chi connectivity index (χ0) is 15.4. The van der Waals surface area contributed by atoms with Crippen LogP contribution in [0.4, 0.5) is 0 Å². The highest BCUT2D eigenvalue weighted by atomic mass is 79.9. The first-order chi connectivity index (χ1) is 10.6. The first-order valence-corrected chi connectivity index (χ1v) is 11.3. The van der Waals surface area contributed by atoms with Crippen molar-refractivity contribution < 1.29 is 0 Å². The van der Waals surface area contributed by atoms with Crippen molar-refractivity contribution >= 4 is 15.9 Å². The van der Waals surface area contributed by atoms with Gasteiger partial charge in [-0.3, -0.25) is 0 Å². The largest absolute Gasteiger partial charge is 0.0928 e. The second kappa shape index (κ2) is 5.78. The summed E-state index contributed by atoms with van der Waals surface area (Å²) in [7, 11) is 0. The lowest BCUT2D eigenvalue weighted by molar-refractivity contribution is -0.110. The normalized spacial score (nSPS) is 54.4. The first kappa shape index (κ1) is 16.0. The van der Waals surface area contributed by atoms with Crippen LogP contribution in [-0.4, -0.2) is 5.33 Å². The van der Waals surface area contributed by atoms with Crippen LogP contribution >= 0.6 is 15.9 Å². The van der Waals surface area contributed by atoms with E-state index in [0.717, 1.165) is 35.0 Å². The summed E-state index contributed by atoms with van der Waals surface area (Å²) < 4.78 is 0. The van der Waals surface area contributed by atoms with Crippen molar-refractivity contribution in [1.29, 1.82) is 0 Å². The lowest BCUT2D eigenvalue weighted by Gasteiger charge is -2.60. The molecule has 0 aromatic rings. The van der Waals surface area contributed by atoms with Crippen molar-refractivity contribution in [3.05, 3.63) is 0 Å². The van der Waals surface area contributed by atoms with Crippen molar-refractivity contribution in [2.75, 3.05) is 5.33 Å². The van der Waals surface area contributed by atoms with Crippen molar-refractivity contribution in [3.63, 3.8) is 0 Å². The molecule has 0 aromatic heterocycles. The van der Waals surface area contributed by atoms with E-state index in [4.69, 9.17) is 0 Å². The average Bonchev–Trinajstić information content (AvgIpc) is 2.84. The SMILES string of the molecule is CC12CCCCC1CCC1C2CCC2(C)C(CCBr)CCC12. The van der Waals surface area contributed by atoms with E-state index < -0.39 is 0 Å². The van der Waals surface area contributed by atoms with Gasteiger partial charge < -0.3 is 0 Å². The van der Waals surface area contributed by atoms with Crippen LogP contribution in [-0.2, 0) is 0 Å². The molecule has 0 amide bonds. The Labute approximate surface area is 146 Å². The average molecular weight is 367 g/mol. The highest BCUT2D eigenvalue weighted by Crippen LogP contribution is 2.67. The molecule has 0 spiro atoms. The van der Waals surface area contributed by atoms with E-state index in [9.17, 15) is 0 Å². The molecule has 22 heavy (non-hydrogen) atoms. The van der Waals surface area contributed by atoms with E-state index in [1.165, 1.54) is 31.0 Å². The van der Waals surface area contributed by atoms with Crippen LogP contribution in [0.15, 0.2) is 0 Å². The Balaban J connectivity index is 1.59. The van der Waals surface area contributed by atoms with Crippen molar-refractivity contribution in [2.24, 2.45) is 40.4 Å². The topological polar surface area (TPSA) is 0 Å². The van der Waals surface area contributed by atoms with Gasteiger partial charge in [-0.1, -0.05) is 42.6 Å². The molecule has 0 saturated heterocycles. The van der Waals surface area contributed by atoms with Crippen LogP contribution < -0.4 is 0 Å². The maximum absolute atomic E-state index is 3.72. The number of halogens is 1. The van der Waals surface area contributed by atoms with Gasteiger partial charge in [0.1, 0.15) is 0 Å². The molecule has 0 N–H and O–H groups in total. The molecule has 0 nitrogen and oxygen atoms in total. The molecule has 4 saturated carbocycles. The molecule has 4 rings (SSSR count). The quantitative estimate of drug-likeness (QED) is 0.470. The van der Waals surface area contributed by atoms with E-state index in [0.29, 0.717) is 5.41 Å². The van der Waals surface area contributed by atoms with Gasteiger partial charge in [-0.15, -0.1) is 0 Å². The molecule has 4 aliphatic rings. The predicted octanol–water partition coefficient (Wildman–Crippen LogP) is 6.82. The lowest BCUT2D eigenvalue weighted by Crippen LogP contribution is -2.52. The van der Waals surface area contributed by atoms with E-state index in [1.807, 2.05) is 0 Å². The van der Waals surface area contributed by atoms with Crippen LogP contribution in [0.5, 0.6) is 0 Å². The fourth-order valence-electron chi connectivity index (χ4n) is 8.01. The van der Waals surface area contributed by atoms with Gasteiger partial charge in [-0.2, -0.15) is 0 Å². The van der Waals surface area contributed by atoms with E-state index in [-0.39, 0.29) is 0 Å². The fourth-order valence-corrected chi connectivity index (χ4v) is 8.56. The zero-order valence-electron chi connectivity index (χ0n) is 14.7. The lowest BCUT2D eigenvalue weighted by atomic mass is 9.45. The highest BCUT2D eigenvalue weighted by molar-refractivity contribution is 9.09. The van der Waals surface area contributed by atoms with Crippen LogP contribution in [0, 0.1) is 40.4 Å². The third-order valence-corrected chi connectivity index (χ3v) is 9.70. The molecule has 0 aliphatic heterocycles. The van der Waals surface area contributed by atoms with Gasteiger partial charge in [0.2, 0.25) is 0 Å². The van der Waals surface area contributed by atoms with Gasteiger partial charge >= 0.3 is 0 Å². The molecule has 0 bridgehead atoms. The second-order valence-electron chi connectivity index (χ2n) is 9.70. The first-order valence-electron chi connectivity index (χ1n) is 10.2. The van der Waals surface area contributed by atoms with Gasteiger partial charge in [0, 0.05) is 5.33 Å². The summed E-state index contributed by atoms with van der Waals surface area (Å²) in [6, 6.07) is 0. The molecule has 0 heterocycles. The summed E-state index contributed by atoms with van der Waals surface area (Å²) in [6.07, 6.45) is 16.9. The molecule has 0 aromatic carbocycles. The Morgan fingerprint density at radius 3 is 2.45 bits per heavy atom. The number of rotatable bonds is 2. The fraction of sp³-hybridized carbons (Fsp3) is 1.00. The van der Waals surface area contributed by atoms with Crippen LogP contribution in [0.25, 0.3) is 0 Å². The molecular formula is C21H35Br. The molecular weight excluding hydrogens is 332 g/mol. The monoisotopic (exact) mass is 366 g/mol. The summed E-state index contributed by atoms with van der Waals surface area (Å²) in [5.41, 5.74) is 1.41. The smallest absolute Gasteiger partial charge is 0.00341 e. The van der Waals surface area contributed by atoms with Gasteiger partial charge in [0.15, 0.2) is 0 Å². The summed E-state index contributed by atoms with van der Waals surface area (Å²) in [5, 5.41) is 1.22. The van der Waals surface area contributed by atoms with E-state index in [1.54, 1.807) is 44.9 Å². The number of fused-ring (bicyclic) bond motifs is 5. The van der Waals surface area contributed by atoms with Crippen molar-refractivity contribution in [2.45, 2.75) is 84.5 Å². The minimum Gasteiger partial charge on any atom is -0.0928 e. The third-order valence-electron chi connectivity index (χ3n) is 9.24. The van der Waals surface area contributed by atoms with E-state index >= 15 is 0 Å². The Bertz CT molecular complexity index is 418. The summed E-state index contributed by atoms with van der Waals surface area (Å²) in [6.45, 7) is 5.39. The summed E-state index contributed by atoms with van der Waals surface area (Å²) in [5.74, 6) is 5.31.